The molecule has 110 valence electrons. The molecular weight excluding hydrogens is 348 g/mol. The number of carbonyl (C=O) groups is 1. The van der Waals surface area contributed by atoms with Crippen molar-refractivity contribution < 1.29 is 18.4 Å². The van der Waals surface area contributed by atoms with Crippen LogP contribution in [-0.2, 0) is 11.9 Å². The fourth-order valence-electron chi connectivity index (χ4n) is 1.56. The molecule has 0 amide bonds. The molecule has 0 N–H and O–H groups in total. The zero-order chi connectivity index (χ0) is 15.4. The summed E-state index contributed by atoms with van der Waals surface area (Å²) in [6.45, 7) is 0. The maximum atomic E-state index is 12.7. The van der Waals surface area contributed by atoms with Gasteiger partial charge in [0.1, 0.15) is 11.3 Å². The highest BCUT2D eigenvalue weighted by atomic mass is 79.9. The summed E-state index contributed by atoms with van der Waals surface area (Å²) in [6, 6.07) is 7.07. The third-order valence-corrected chi connectivity index (χ3v) is 3.02. The third kappa shape index (κ3) is 3.94. The minimum Gasteiger partial charge on any atom is -0.313 e. The highest BCUT2D eigenvalue weighted by Gasteiger charge is 2.23. The van der Waals surface area contributed by atoms with Crippen molar-refractivity contribution in [2.45, 2.75) is 6.43 Å². The second-order valence-corrected chi connectivity index (χ2v) is 4.98. The molecule has 0 aliphatic carbocycles. The topological polar surface area (TPSA) is 56.5 Å². The number of aryl methyl sites for hydroxylation is 1. The van der Waals surface area contributed by atoms with E-state index in [1.807, 2.05) is 0 Å². The van der Waals surface area contributed by atoms with Crippen LogP contribution in [-0.4, -0.2) is 22.0 Å². The lowest BCUT2D eigenvalue weighted by molar-refractivity contribution is 0.0508. The number of nitrogens with zero attached hydrogens (tertiary/aromatic N) is 3. The van der Waals surface area contributed by atoms with E-state index in [-0.39, 0.29) is 5.56 Å². The number of hydrogen-bond acceptors (Lipinski definition) is 4. The highest BCUT2D eigenvalue weighted by Crippen LogP contribution is 2.21. The van der Waals surface area contributed by atoms with Crippen LogP contribution in [0, 0.1) is 0 Å². The molecule has 0 atom stereocenters. The second kappa shape index (κ2) is 6.57. The summed E-state index contributed by atoms with van der Waals surface area (Å²) < 4.78 is 27.4. The summed E-state index contributed by atoms with van der Waals surface area (Å²) in [5, 5.41) is 7.00. The van der Waals surface area contributed by atoms with Crippen LogP contribution in [0.3, 0.4) is 0 Å². The van der Waals surface area contributed by atoms with Crippen molar-refractivity contribution in [3.63, 3.8) is 0 Å². The average molecular weight is 358 g/mol. The molecule has 0 radical (unpaired) electrons. The van der Waals surface area contributed by atoms with Gasteiger partial charge < -0.3 is 4.84 Å². The number of aromatic nitrogens is 2. The molecule has 0 unspecified atom stereocenters. The summed E-state index contributed by atoms with van der Waals surface area (Å²) in [5.41, 5.74) is -0.229. The molecule has 0 spiro atoms. The summed E-state index contributed by atoms with van der Waals surface area (Å²) in [6.07, 6.45) is -0.383. The molecule has 8 heteroatoms. The number of rotatable bonds is 4. The van der Waals surface area contributed by atoms with Crippen LogP contribution >= 0.6 is 15.9 Å². The predicted octanol–water partition coefficient (Wildman–Crippen LogP) is 3.31. The smallest absolute Gasteiger partial charge is 0.313 e. The van der Waals surface area contributed by atoms with Crippen LogP contribution in [0.4, 0.5) is 8.78 Å². The summed E-state index contributed by atoms with van der Waals surface area (Å²) in [7, 11) is 1.44. The van der Waals surface area contributed by atoms with Crippen LogP contribution in [0.5, 0.6) is 0 Å². The number of alkyl halides is 2. The first-order valence-corrected chi connectivity index (χ1v) is 6.58. The molecule has 1 aromatic heterocycles. The Bertz CT molecular complexity index is 669. The first-order valence-electron chi connectivity index (χ1n) is 5.79. The quantitative estimate of drug-likeness (QED) is 0.479. The lowest BCUT2D eigenvalue weighted by atomic mass is 10.2. The van der Waals surface area contributed by atoms with E-state index in [1.165, 1.54) is 19.5 Å². The third-order valence-electron chi connectivity index (χ3n) is 2.49. The molecule has 21 heavy (non-hydrogen) atoms. The summed E-state index contributed by atoms with van der Waals surface area (Å²) >= 11 is 3.28. The standard InChI is InChI=1S/C13H10BrF2N3O2/c1-19-7-10(11(18-19)12(15)16)13(20)21-17-6-8-2-4-9(14)5-3-8/h2-7,12H,1H3/b17-6+. The van der Waals surface area contributed by atoms with Gasteiger partial charge in [0, 0.05) is 17.7 Å². The molecule has 0 saturated carbocycles. The summed E-state index contributed by atoms with van der Waals surface area (Å²) in [5.74, 6) is -0.980. The molecule has 0 bridgehead atoms. The zero-order valence-corrected chi connectivity index (χ0v) is 12.4. The molecule has 2 rings (SSSR count). The van der Waals surface area contributed by atoms with Gasteiger partial charge >= 0.3 is 5.97 Å². The number of halogens is 3. The van der Waals surface area contributed by atoms with Crippen molar-refractivity contribution >= 4 is 28.1 Å². The lowest BCUT2D eigenvalue weighted by Gasteiger charge is -1.98. The Morgan fingerprint density at radius 3 is 2.71 bits per heavy atom. The van der Waals surface area contributed by atoms with Gasteiger partial charge in [-0.25, -0.2) is 13.6 Å². The van der Waals surface area contributed by atoms with Crippen LogP contribution in [0.1, 0.15) is 28.0 Å². The Balaban J connectivity index is 2.06. The van der Waals surface area contributed by atoms with Crippen LogP contribution in [0.25, 0.3) is 0 Å². The maximum Gasteiger partial charge on any atom is 0.369 e. The van der Waals surface area contributed by atoms with Gasteiger partial charge in [0.05, 0.1) is 6.21 Å². The lowest BCUT2D eigenvalue weighted by Crippen LogP contribution is -2.04. The van der Waals surface area contributed by atoms with Gasteiger partial charge in [0.15, 0.2) is 0 Å². The molecule has 0 aliphatic rings. The maximum absolute atomic E-state index is 12.7. The first-order chi connectivity index (χ1) is 9.97. The predicted molar refractivity (Wildman–Crippen MR) is 75.3 cm³/mol. The Labute approximate surface area is 127 Å². The van der Waals surface area contributed by atoms with E-state index < -0.39 is 18.1 Å². The SMILES string of the molecule is Cn1cc(C(=O)O/N=C/c2ccc(Br)cc2)c(C(F)F)n1. The van der Waals surface area contributed by atoms with Gasteiger partial charge in [0.2, 0.25) is 0 Å². The van der Waals surface area contributed by atoms with Gasteiger partial charge in [-0.3, -0.25) is 4.68 Å². The molecule has 1 heterocycles. The van der Waals surface area contributed by atoms with Gasteiger partial charge in [-0.1, -0.05) is 33.2 Å². The van der Waals surface area contributed by atoms with Crippen molar-refractivity contribution in [3.8, 4) is 0 Å². The van der Waals surface area contributed by atoms with Crippen LogP contribution in [0.15, 0.2) is 40.1 Å². The van der Waals surface area contributed by atoms with E-state index in [2.05, 4.69) is 31.0 Å². The number of oxime groups is 1. The minimum absolute atomic E-state index is 0.305. The largest absolute Gasteiger partial charge is 0.369 e. The van der Waals surface area contributed by atoms with E-state index in [0.29, 0.717) is 5.56 Å². The van der Waals surface area contributed by atoms with Crippen molar-refractivity contribution in [2.24, 2.45) is 12.2 Å². The van der Waals surface area contributed by atoms with Crippen molar-refractivity contribution in [1.82, 2.24) is 9.78 Å². The molecule has 0 saturated heterocycles. The van der Waals surface area contributed by atoms with Gasteiger partial charge in [-0.05, 0) is 17.7 Å². The van der Waals surface area contributed by atoms with Crippen molar-refractivity contribution in [1.29, 1.82) is 0 Å². The average Bonchev–Trinajstić information content (AvgIpc) is 2.83. The van der Waals surface area contributed by atoms with E-state index in [9.17, 15) is 13.6 Å². The molecule has 2 aromatic rings. The number of carbonyl (C=O) groups excluding carboxylic acids is 1. The molecular formula is C13H10BrF2N3O2. The van der Waals surface area contributed by atoms with Crippen molar-refractivity contribution in [3.05, 3.63) is 51.8 Å². The minimum atomic E-state index is -2.86. The number of benzene rings is 1. The Morgan fingerprint density at radius 2 is 2.10 bits per heavy atom. The van der Waals surface area contributed by atoms with E-state index in [0.717, 1.165) is 9.15 Å². The summed E-state index contributed by atoms with van der Waals surface area (Å²) in [4.78, 5) is 16.3. The molecule has 0 fully saturated rings. The van der Waals surface area contributed by atoms with Gasteiger partial charge in [-0.15, -0.1) is 0 Å². The first kappa shape index (κ1) is 15.3. The van der Waals surface area contributed by atoms with Crippen molar-refractivity contribution in [2.75, 3.05) is 0 Å². The zero-order valence-electron chi connectivity index (χ0n) is 10.8. The van der Waals surface area contributed by atoms with Crippen LogP contribution in [0.2, 0.25) is 0 Å². The van der Waals surface area contributed by atoms with Gasteiger partial charge in [0.25, 0.3) is 6.43 Å². The van der Waals surface area contributed by atoms with E-state index in [1.54, 1.807) is 24.3 Å². The Morgan fingerprint density at radius 1 is 1.43 bits per heavy atom. The Hall–Kier alpha value is -2.09. The molecule has 1 aromatic carbocycles. The van der Waals surface area contributed by atoms with Gasteiger partial charge in [-0.2, -0.15) is 5.10 Å². The van der Waals surface area contributed by atoms with E-state index >= 15 is 0 Å². The normalized spacial score (nSPS) is 11.3. The second-order valence-electron chi connectivity index (χ2n) is 4.07. The monoisotopic (exact) mass is 357 g/mol. The Kier molecular flexibility index (Phi) is 4.79. The number of hydrogen-bond donors (Lipinski definition) is 0. The highest BCUT2D eigenvalue weighted by molar-refractivity contribution is 9.10. The molecule has 0 aliphatic heterocycles. The fourth-order valence-corrected chi connectivity index (χ4v) is 1.82. The fraction of sp³-hybridized carbons (Fsp3) is 0.154. The van der Waals surface area contributed by atoms with E-state index in [4.69, 9.17) is 0 Å². The van der Waals surface area contributed by atoms with Crippen LogP contribution < -0.4 is 0 Å². The molecule has 5 nitrogen and oxygen atoms in total.